The summed E-state index contributed by atoms with van der Waals surface area (Å²) in [4.78, 5) is 12.1. The van der Waals surface area contributed by atoms with Gasteiger partial charge in [-0.15, -0.1) is 0 Å². The van der Waals surface area contributed by atoms with E-state index < -0.39 is 0 Å². The van der Waals surface area contributed by atoms with Crippen molar-refractivity contribution in [3.63, 3.8) is 0 Å². The molecule has 0 bridgehead atoms. The van der Waals surface area contributed by atoms with Crippen LogP contribution in [0.3, 0.4) is 0 Å². The van der Waals surface area contributed by atoms with E-state index in [1.165, 1.54) is 0 Å². The van der Waals surface area contributed by atoms with Gasteiger partial charge in [0, 0.05) is 23.8 Å². The molecule has 0 aromatic carbocycles. The predicted octanol–water partition coefficient (Wildman–Crippen LogP) is 1.77. The van der Waals surface area contributed by atoms with Crippen LogP contribution >= 0.6 is 15.9 Å². The third kappa shape index (κ3) is 4.33. The summed E-state index contributed by atoms with van der Waals surface area (Å²) in [7, 11) is 0. The van der Waals surface area contributed by atoms with Gasteiger partial charge >= 0.3 is 0 Å². The molecule has 0 radical (unpaired) electrons. The summed E-state index contributed by atoms with van der Waals surface area (Å²) in [5.41, 5.74) is 0.682. The Bertz CT molecular complexity index is 442. The minimum Gasteiger partial charge on any atom is -0.376 e. The summed E-state index contributed by atoms with van der Waals surface area (Å²) in [5.74, 6) is -0.0496. The number of hydrogen-bond donors (Lipinski definition) is 2. The van der Waals surface area contributed by atoms with Crippen LogP contribution in [0.25, 0.3) is 0 Å². The van der Waals surface area contributed by atoms with Gasteiger partial charge in [0.1, 0.15) is 5.69 Å². The maximum atomic E-state index is 12.1. The highest BCUT2D eigenvalue weighted by Gasteiger charge is 2.14. The van der Waals surface area contributed by atoms with Crippen LogP contribution in [0.15, 0.2) is 16.7 Å². The number of rotatable bonds is 6. The van der Waals surface area contributed by atoms with E-state index in [1.54, 1.807) is 0 Å². The van der Waals surface area contributed by atoms with Crippen LogP contribution in [0.2, 0.25) is 0 Å². The lowest BCUT2D eigenvalue weighted by atomic mass is 10.1. The molecule has 112 valence electrons. The molecule has 6 heteroatoms. The molecule has 0 spiro atoms. The molecule has 1 fully saturated rings. The number of halogens is 1. The summed E-state index contributed by atoms with van der Waals surface area (Å²) in [5, 5.41) is 6.21. The molecule has 0 atom stereocenters. The summed E-state index contributed by atoms with van der Waals surface area (Å²) in [6.45, 7) is 5.97. The zero-order chi connectivity index (χ0) is 14.4. The first kappa shape index (κ1) is 15.5. The zero-order valence-corrected chi connectivity index (χ0v) is 13.4. The molecule has 2 N–H and O–H groups in total. The summed E-state index contributed by atoms with van der Waals surface area (Å²) >= 11 is 3.39. The predicted molar refractivity (Wildman–Crippen MR) is 82.0 cm³/mol. The fourth-order valence-electron chi connectivity index (χ4n) is 2.37. The van der Waals surface area contributed by atoms with E-state index in [-0.39, 0.29) is 5.91 Å². The second-order valence-electron chi connectivity index (χ2n) is 4.91. The first-order valence-corrected chi connectivity index (χ1v) is 7.96. The Morgan fingerprint density at radius 1 is 1.55 bits per heavy atom. The number of piperidine rings is 1. The molecule has 1 aromatic heterocycles. The van der Waals surface area contributed by atoms with Crippen LogP contribution in [-0.2, 0) is 11.3 Å². The number of hydrogen-bond acceptors (Lipinski definition) is 3. The van der Waals surface area contributed by atoms with Crippen molar-refractivity contribution in [2.45, 2.75) is 32.4 Å². The molecular weight excluding hydrogens is 322 g/mol. The van der Waals surface area contributed by atoms with Crippen LogP contribution in [0.1, 0.15) is 30.3 Å². The van der Waals surface area contributed by atoms with E-state index in [0.717, 1.165) is 36.9 Å². The van der Waals surface area contributed by atoms with E-state index in [0.29, 0.717) is 24.9 Å². The molecule has 0 saturated carbocycles. The third-order valence-electron chi connectivity index (χ3n) is 3.46. The van der Waals surface area contributed by atoms with Crippen molar-refractivity contribution in [2.24, 2.45) is 0 Å². The smallest absolute Gasteiger partial charge is 0.268 e. The Labute approximate surface area is 128 Å². The number of carbonyl (C=O) groups excluding carboxylic acids is 1. The molecular formula is C14H22BrN3O2. The highest BCUT2D eigenvalue weighted by atomic mass is 79.9. The number of nitrogens with one attached hydrogen (secondary N) is 2. The van der Waals surface area contributed by atoms with Gasteiger partial charge in [-0.2, -0.15) is 0 Å². The fraction of sp³-hybridized carbons (Fsp3) is 0.643. The van der Waals surface area contributed by atoms with Gasteiger partial charge in [-0.25, -0.2) is 0 Å². The van der Waals surface area contributed by atoms with Crippen LogP contribution in [0, 0.1) is 0 Å². The lowest BCUT2D eigenvalue weighted by Crippen LogP contribution is -2.35. The number of nitrogens with zero attached hydrogens (tertiary/aromatic N) is 1. The maximum Gasteiger partial charge on any atom is 0.268 e. The van der Waals surface area contributed by atoms with Crippen molar-refractivity contribution in [1.82, 2.24) is 15.2 Å². The first-order valence-electron chi connectivity index (χ1n) is 7.17. The molecule has 5 nitrogen and oxygen atoms in total. The van der Waals surface area contributed by atoms with Crippen molar-refractivity contribution in [2.75, 3.05) is 26.2 Å². The Morgan fingerprint density at radius 3 is 3.00 bits per heavy atom. The second-order valence-corrected chi connectivity index (χ2v) is 5.82. The number of aryl methyl sites for hydroxylation is 1. The lowest BCUT2D eigenvalue weighted by Gasteiger charge is -2.22. The van der Waals surface area contributed by atoms with Crippen LogP contribution in [0.5, 0.6) is 0 Å². The van der Waals surface area contributed by atoms with Gasteiger partial charge in [-0.1, -0.05) is 0 Å². The average Bonchev–Trinajstić information content (AvgIpc) is 2.86. The van der Waals surface area contributed by atoms with Gasteiger partial charge in [-0.05, 0) is 54.9 Å². The number of carbonyl (C=O) groups is 1. The highest BCUT2D eigenvalue weighted by molar-refractivity contribution is 9.10. The van der Waals surface area contributed by atoms with Crippen molar-refractivity contribution >= 4 is 21.8 Å². The molecule has 1 aliphatic heterocycles. The van der Waals surface area contributed by atoms with E-state index in [1.807, 2.05) is 23.8 Å². The van der Waals surface area contributed by atoms with Crippen molar-refractivity contribution < 1.29 is 9.53 Å². The Hall–Kier alpha value is -0.850. The SMILES string of the molecule is CCn1cc(Br)cc1C(=O)NCCOC1CCNCC1. The quantitative estimate of drug-likeness (QED) is 0.774. The number of aromatic nitrogens is 1. The molecule has 0 unspecified atom stereocenters. The van der Waals surface area contributed by atoms with Gasteiger partial charge < -0.3 is 19.9 Å². The van der Waals surface area contributed by atoms with Gasteiger partial charge in [0.15, 0.2) is 0 Å². The molecule has 1 amide bonds. The van der Waals surface area contributed by atoms with E-state index >= 15 is 0 Å². The Balaban J connectivity index is 1.71. The Morgan fingerprint density at radius 2 is 2.30 bits per heavy atom. The van der Waals surface area contributed by atoms with Crippen molar-refractivity contribution in [3.8, 4) is 0 Å². The van der Waals surface area contributed by atoms with Crippen LogP contribution in [0.4, 0.5) is 0 Å². The zero-order valence-electron chi connectivity index (χ0n) is 11.8. The van der Waals surface area contributed by atoms with E-state index in [9.17, 15) is 4.79 Å². The summed E-state index contributed by atoms with van der Waals surface area (Å²) < 4.78 is 8.61. The fourth-order valence-corrected chi connectivity index (χ4v) is 2.83. The summed E-state index contributed by atoms with van der Waals surface area (Å²) in [6, 6.07) is 1.84. The van der Waals surface area contributed by atoms with Crippen LogP contribution in [-0.4, -0.2) is 42.8 Å². The number of amides is 1. The topological polar surface area (TPSA) is 55.3 Å². The number of ether oxygens (including phenoxy) is 1. The van der Waals surface area contributed by atoms with Gasteiger partial charge in [0.25, 0.3) is 5.91 Å². The van der Waals surface area contributed by atoms with Gasteiger partial charge in [0.2, 0.25) is 0 Å². The average molecular weight is 344 g/mol. The minimum absolute atomic E-state index is 0.0496. The first-order chi connectivity index (χ1) is 9.70. The Kier molecular flexibility index (Phi) is 6.06. The lowest BCUT2D eigenvalue weighted by molar-refractivity contribution is 0.0343. The minimum atomic E-state index is -0.0496. The monoisotopic (exact) mass is 343 g/mol. The third-order valence-corrected chi connectivity index (χ3v) is 3.90. The largest absolute Gasteiger partial charge is 0.376 e. The van der Waals surface area contributed by atoms with E-state index in [4.69, 9.17) is 4.74 Å². The molecule has 20 heavy (non-hydrogen) atoms. The maximum absolute atomic E-state index is 12.1. The van der Waals surface area contributed by atoms with Gasteiger partial charge in [0.05, 0.1) is 12.7 Å². The van der Waals surface area contributed by atoms with Gasteiger partial charge in [-0.3, -0.25) is 4.79 Å². The molecule has 2 rings (SSSR count). The highest BCUT2D eigenvalue weighted by Crippen LogP contribution is 2.14. The molecule has 2 heterocycles. The molecule has 1 aliphatic rings. The van der Waals surface area contributed by atoms with Crippen molar-refractivity contribution in [3.05, 3.63) is 22.4 Å². The molecule has 0 aliphatic carbocycles. The normalized spacial score (nSPS) is 16.3. The second kappa shape index (κ2) is 7.81. The van der Waals surface area contributed by atoms with E-state index in [2.05, 4.69) is 26.6 Å². The van der Waals surface area contributed by atoms with Crippen LogP contribution < -0.4 is 10.6 Å². The van der Waals surface area contributed by atoms with Crippen molar-refractivity contribution in [1.29, 1.82) is 0 Å². The summed E-state index contributed by atoms with van der Waals surface area (Å²) in [6.07, 6.45) is 4.36. The standard InChI is InChI=1S/C14H22BrN3O2/c1-2-18-10-11(15)9-13(18)14(19)17-7-8-20-12-3-5-16-6-4-12/h9-10,12,16H,2-8H2,1H3,(H,17,19). The molecule has 1 aromatic rings. The molecule has 1 saturated heterocycles.